The van der Waals surface area contributed by atoms with Gasteiger partial charge in [-0.3, -0.25) is 0 Å². The number of carboxylic acid groups (broad SMARTS) is 2. The summed E-state index contributed by atoms with van der Waals surface area (Å²) < 4.78 is 1.00. The van der Waals surface area contributed by atoms with Gasteiger partial charge in [0.25, 0.3) is 0 Å². The third kappa shape index (κ3) is 1240. The zero-order valence-corrected chi connectivity index (χ0v) is 6.75. The minimum absolute atomic E-state index is 0. The fourth-order valence-electron chi connectivity index (χ4n) is 0. The maximum absolute atomic E-state index is 8.56. The van der Waals surface area contributed by atoms with Crippen LogP contribution in [0.4, 0.5) is 4.79 Å². The number of quaternary nitrogens is 1. The van der Waals surface area contributed by atoms with Crippen LogP contribution in [0.1, 0.15) is 0 Å². The minimum atomic E-state index is -1.83. The number of nitrogens with zero attached hydrogens (tertiary/aromatic N) is 1. The molecule has 0 saturated heterocycles. The molecule has 0 aliphatic rings. The zero-order valence-electron chi connectivity index (χ0n) is 6.75. The number of hydrogen-bond acceptors (Lipinski definition) is 1. The quantitative estimate of drug-likeness (QED) is 0.386. The second-order valence-corrected chi connectivity index (χ2v) is 2.97. The summed E-state index contributed by atoms with van der Waals surface area (Å²) in [6.07, 6.45) is -1.83. The van der Waals surface area contributed by atoms with Crippen LogP contribution in [-0.2, 0) is 0 Å². The van der Waals surface area contributed by atoms with Crippen molar-refractivity contribution in [3.8, 4) is 0 Å². The van der Waals surface area contributed by atoms with Crippen LogP contribution >= 0.6 is 0 Å². The van der Waals surface area contributed by atoms with E-state index in [9.17, 15) is 0 Å². The molecule has 0 atom stereocenters. The molecule has 0 bridgehead atoms. The second-order valence-electron chi connectivity index (χ2n) is 2.97. The van der Waals surface area contributed by atoms with Gasteiger partial charge in [-0.05, 0) is 0 Å². The van der Waals surface area contributed by atoms with Crippen LogP contribution in [0.15, 0.2) is 0 Å². The molecular weight excluding hydrogens is 177 g/mol. The van der Waals surface area contributed by atoms with Crippen LogP contribution < -0.4 is 0 Å². The van der Waals surface area contributed by atoms with Crippen LogP contribution in [0.25, 0.3) is 0 Å². The van der Waals surface area contributed by atoms with Crippen molar-refractivity contribution >= 4 is 57.5 Å². The summed E-state index contributed by atoms with van der Waals surface area (Å²) in [6.45, 7) is 0. The molecule has 66 valence electrons. The van der Waals surface area contributed by atoms with E-state index < -0.39 is 6.16 Å². The Morgan fingerprint density at radius 1 is 1.09 bits per heavy atom. The first kappa shape index (κ1) is 22.6. The van der Waals surface area contributed by atoms with Crippen molar-refractivity contribution in [2.75, 3.05) is 28.2 Å². The van der Waals surface area contributed by atoms with Gasteiger partial charge >= 0.3 is 57.5 Å². The Kier molecular flexibility index (Phi) is 22.3. The summed E-state index contributed by atoms with van der Waals surface area (Å²) in [4.78, 5) is 8.56. The first-order valence-electron chi connectivity index (χ1n) is 2.44. The first-order valence-corrected chi connectivity index (χ1v) is 2.44. The van der Waals surface area contributed by atoms with Crippen molar-refractivity contribution < 1.29 is 25.0 Å². The second kappa shape index (κ2) is 10.8. The monoisotopic (exact) mass is 194 g/mol. The molecule has 5 nitrogen and oxygen atoms in total. The normalized spacial score (nSPS) is 7.64. The van der Waals surface area contributed by atoms with Gasteiger partial charge in [0.15, 0.2) is 0 Å². The van der Waals surface area contributed by atoms with Gasteiger partial charge in [0.2, 0.25) is 0 Å². The van der Waals surface area contributed by atoms with Crippen LogP contribution in [0.5, 0.6) is 0 Å². The summed E-state index contributed by atoms with van der Waals surface area (Å²) in [6, 6.07) is 0. The Labute approximate surface area is 109 Å². The van der Waals surface area contributed by atoms with Gasteiger partial charge in [-0.15, -0.1) is 0 Å². The first-order chi connectivity index (χ1) is 3.73. The van der Waals surface area contributed by atoms with Crippen LogP contribution in [0, 0.1) is 0 Å². The predicted octanol–water partition coefficient (Wildman–Crippen LogP) is -0.928. The van der Waals surface area contributed by atoms with Crippen LogP contribution in [0.3, 0.4) is 0 Å². The van der Waals surface area contributed by atoms with E-state index in [1.807, 2.05) is 0 Å². The van der Waals surface area contributed by atoms with E-state index in [0.717, 1.165) is 4.48 Å². The maximum atomic E-state index is 8.56. The Morgan fingerprint density at radius 2 is 1.09 bits per heavy atom. The van der Waals surface area contributed by atoms with E-state index in [-0.39, 0.29) is 56.9 Å². The average molecular weight is 194 g/mol. The summed E-state index contributed by atoms with van der Waals surface area (Å²) in [5.74, 6) is 0. The topological polar surface area (TPSA) is 89.0 Å². The van der Waals surface area contributed by atoms with Crippen molar-refractivity contribution in [1.82, 2.24) is 0 Å². The zero-order chi connectivity index (χ0) is 8.08. The third-order valence-electron chi connectivity index (χ3n) is 0. The Balaban J connectivity index is -0.0000000383. The molecule has 0 rings (SSSR count). The van der Waals surface area contributed by atoms with Crippen molar-refractivity contribution in [2.24, 2.45) is 0 Å². The summed E-state index contributed by atoms with van der Waals surface area (Å²) in [7, 11) is 8.50. The molecule has 0 amide bonds. The summed E-state index contributed by atoms with van der Waals surface area (Å²) >= 11 is 0. The van der Waals surface area contributed by atoms with Gasteiger partial charge in [-0.2, -0.15) is 0 Å². The van der Waals surface area contributed by atoms with Crippen LogP contribution in [0.2, 0.25) is 0 Å². The molecule has 0 saturated carbocycles. The van der Waals surface area contributed by atoms with E-state index in [0.29, 0.717) is 0 Å². The summed E-state index contributed by atoms with van der Waals surface area (Å²) in [5.41, 5.74) is 0. The number of hydrogen-bond donors (Lipinski definition) is 2. The molecule has 0 aromatic heterocycles. The molecule has 6 heteroatoms. The predicted molar refractivity (Wildman–Crippen MR) is 45.4 cm³/mol. The average Bonchev–Trinajstić information content (AvgIpc) is 1.19. The van der Waals surface area contributed by atoms with Gasteiger partial charge in [-0.1, -0.05) is 0 Å². The van der Waals surface area contributed by atoms with Gasteiger partial charge in [0, 0.05) is 0 Å². The van der Waals surface area contributed by atoms with Gasteiger partial charge in [0.05, 0.1) is 28.2 Å². The molecule has 0 unspecified atom stereocenters. The standard InChI is InChI=1S/C4H12N.CH2O3.K.H2O.H/c1-5(2,3)4;2-1(3)4;;;/h1-4H3;(H2,2,3,4);;1H2;/q+1;;;;. The summed E-state index contributed by atoms with van der Waals surface area (Å²) in [5, 5.41) is 13.9. The fraction of sp³-hybridized carbons (Fsp3) is 0.800. The van der Waals surface area contributed by atoms with Gasteiger partial charge in [0.1, 0.15) is 0 Å². The fourth-order valence-corrected chi connectivity index (χ4v) is 0. The molecule has 0 aliphatic carbocycles. The third-order valence-corrected chi connectivity index (χ3v) is 0. The molecule has 0 aliphatic heterocycles. The molecule has 0 fully saturated rings. The van der Waals surface area contributed by atoms with Crippen molar-refractivity contribution in [2.45, 2.75) is 0 Å². The van der Waals surface area contributed by atoms with E-state index in [1.165, 1.54) is 0 Å². The molecule has 11 heavy (non-hydrogen) atoms. The van der Waals surface area contributed by atoms with E-state index in [1.54, 1.807) is 0 Å². The Hall–Kier alpha value is 0.826. The van der Waals surface area contributed by atoms with Gasteiger partial charge < -0.3 is 20.2 Å². The molecule has 0 aromatic rings. The van der Waals surface area contributed by atoms with E-state index >= 15 is 0 Å². The van der Waals surface area contributed by atoms with E-state index in [4.69, 9.17) is 15.0 Å². The SMILES string of the molecule is C[N+](C)(C)C.O.O=C(O)O.[KH]. The molecule has 0 spiro atoms. The Bertz CT molecular complexity index is 81.0. The van der Waals surface area contributed by atoms with E-state index in [2.05, 4.69) is 28.2 Å². The molecule has 0 aromatic carbocycles. The van der Waals surface area contributed by atoms with Crippen molar-refractivity contribution in [1.29, 1.82) is 0 Å². The van der Waals surface area contributed by atoms with Crippen molar-refractivity contribution in [3.05, 3.63) is 0 Å². The molecule has 4 N–H and O–H groups in total. The van der Waals surface area contributed by atoms with Crippen LogP contribution in [-0.4, -0.2) is 106 Å². The van der Waals surface area contributed by atoms with Crippen molar-refractivity contribution in [3.63, 3.8) is 0 Å². The number of carbonyl (C=O) groups is 1. The number of rotatable bonds is 0. The molecule has 0 radical (unpaired) electrons. The Morgan fingerprint density at radius 3 is 1.09 bits per heavy atom. The molecule has 0 heterocycles. The van der Waals surface area contributed by atoms with Gasteiger partial charge in [-0.25, -0.2) is 4.79 Å². The molecular formula is C5H17KNO4+.